The Bertz CT molecular complexity index is 993. The zero-order valence-corrected chi connectivity index (χ0v) is 16.5. The number of nitrogens with one attached hydrogen (secondary N) is 1. The number of nitrogens with zero attached hydrogens (tertiary/aromatic N) is 5. The molecule has 11 heteroatoms. The average Bonchev–Trinajstić information content (AvgIpc) is 3.26. The molecule has 1 atom stereocenters. The van der Waals surface area contributed by atoms with Crippen molar-refractivity contribution in [1.29, 1.82) is 5.26 Å². The molecule has 1 amide bonds. The molecule has 3 rings (SSSR count). The zero-order chi connectivity index (χ0) is 19.4. The summed E-state index contributed by atoms with van der Waals surface area (Å²) in [7, 11) is 0. The molecule has 8 nitrogen and oxygen atoms in total. The molecule has 3 N–H and O–H groups in total. The highest BCUT2D eigenvalue weighted by molar-refractivity contribution is 7.99. The number of aromatic nitrogens is 4. The van der Waals surface area contributed by atoms with Gasteiger partial charge in [0.1, 0.15) is 6.04 Å². The molecule has 3 aromatic rings. The van der Waals surface area contributed by atoms with Crippen molar-refractivity contribution in [2.75, 3.05) is 16.8 Å². The molecular formula is C16H14ClN7OS2. The fraction of sp³-hybridized carbons (Fsp3) is 0.188. The molecule has 2 aromatic heterocycles. The molecule has 1 unspecified atom stereocenters. The Balaban J connectivity index is 1.73. The van der Waals surface area contributed by atoms with Crippen LogP contribution in [-0.2, 0) is 4.79 Å². The minimum absolute atomic E-state index is 0.110. The minimum atomic E-state index is -0.663. The van der Waals surface area contributed by atoms with Crippen LogP contribution in [0.25, 0.3) is 11.3 Å². The maximum absolute atomic E-state index is 12.6. The van der Waals surface area contributed by atoms with Crippen LogP contribution >= 0.6 is 34.7 Å². The molecule has 27 heavy (non-hydrogen) atoms. The minimum Gasteiger partial charge on any atom is -0.368 e. The van der Waals surface area contributed by atoms with Gasteiger partial charge in [0.05, 0.1) is 17.5 Å². The fourth-order valence-corrected chi connectivity index (χ4v) is 3.79. The monoisotopic (exact) mass is 419 g/mol. The third-order valence-electron chi connectivity index (χ3n) is 3.60. The number of nitriles is 1. The van der Waals surface area contributed by atoms with Crippen molar-refractivity contribution >= 4 is 51.7 Å². The van der Waals surface area contributed by atoms with Crippen LogP contribution in [0.1, 0.15) is 13.0 Å². The smallest absolute Gasteiger partial charge is 0.249 e. The number of hydrogen-bond acceptors (Lipinski definition) is 8. The van der Waals surface area contributed by atoms with Gasteiger partial charge < -0.3 is 11.1 Å². The van der Waals surface area contributed by atoms with Crippen LogP contribution in [0.3, 0.4) is 0 Å². The van der Waals surface area contributed by atoms with Gasteiger partial charge in [-0.05, 0) is 19.1 Å². The first-order valence-corrected chi connectivity index (χ1v) is 9.96. The Labute approximate surface area is 168 Å². The van der Waals surface area contributed by atoms with Crippen molar-refractivity contribution in [3.8, 4) is 17.3 Å². The summed E-state index contributed by atoms with van der Waals surface area (Å²) in [5, 5.41) is 22.6. The van der Waals surface area contributed by atoms with Crippen molar-refractivity contribution < 1.29 is 4.79 Å². The van der Waals surface area contributed by atoms with E-state index in [9.17, 15) is 4.79 Å². The first kappa shape index (κ1) is 19.2. The summed E-state index contributed by atoms with van der Waals surface area (Å²) in [6.07, 6.45) is 0. The Hall–Kier alpha value is -2.61. The Morgan fingerprint density at radius 1 is 1.44 bits per heavy atom. The number of benzene rings is 1. The highest BCUT2D eigenvalue weighted by Gasteiger charge is 2.23. The molecule has 0 aliphatic heterocycles. The van der Waals surface area contributed by atoms with E-state index in [0.29, 0.717) is 15.3 Å². The predicted octanol–water partition coefficient (Wildman–Crippen LogP) is 3.45. The molecule has 138 valence electrons. The lowest BCUT2D eigenvalue weighted by Gasteiger charge is -2.15. The second-order valence-electron chi connectivity index (χ2n) is 5.37. The Morgan fingerprint density at radius 2 is 2.19 bits per heavy atom. The van der Waals surface area contributed by atoms with Gasteiger partial charge in [0.25, 0.3) is 0 Å². The van der Waals surface area contributed by atoms with E-state index in [2.05, 4.69) is 20.5 Å². The number of thiazole rings is 1. The third-order valence-corrected chi connectivity index (χ3v) is 5.42. The molecule has 0 saturated heterocycles. The van der Waals surface area contributed by atoms with Crippen molar-refractivity contribution in [1.82, 2.24) is 19.7 Å². The molecule has 0 fully saturated rings. The first-order chi connectivity index (χ1) is 13.0. The second-order valence-corrected chi connectivity index (χ2v) is 7.60. The molecule has 0 aliphatic rings. The van der Waals surface area contributed by atoms with E-state index in [0.717, 1.165) is 11.3 Å². The number of nitrogen functional groups attached to an aromatic ring is 1. The SMILES string of the molecule is CC(C(=O)Nc1nc(-c2ccc(Cl)cc2)cs1)n1c(N)nnc1SCC#N. The molecule has 0 saturated carbocycles. The summed E-state index contributed by atoms with van der Waals surface area (Å²) >= 11 is 8.38. The zero-order valence-electron chi connectivity index (χ0n) is 14.1. The van der Waals surface area contributed by atoms with E-state index in [1.807, 2.05) is 23.6 Å². The standard InChI is InChI=1S/C16H14ClN7OS2/c1-9(24-14(19)22-23-16(24)26-7-6-18)13(25)21-15-20-12(8-27-15)10-2-4-11(17)5-3-10/h2-5,8-9H,7H2,1H3,(H2,19,22)(H,20,21,25). The van der Waals surface area contributed by atoms with Gasteiger partial charge in [0, 0.05) is 16.0 Å². The van der Waals surface area contributed by atoms with Crippen LogP contribution in [0.15, 0.2) is 34.8 Å². The van der Waals surface area contributed by atoms with Crippen LogP contribution in [0.4, 0.5) is 11.1 Å². The van der Waals surface area contributed by atoms with E-state index >= 15 is 0 Å². The van der Waals surface area contributed by atoms with E-state index in [1.54, 1.807) is 19.1 Å². The average molecular weight is 420 g/mol. The molecule has 0 radical (unpaired) electrons. The second kappa shape index (κ2) is 8.39. The lowest BCUT2D eigenvalue weighted by Crippen LogP contribution is -2.25. The van der Waals surface area contributed by atoms with Crippen molar-refractivity contribution in [2.24, 2.45) is 0 Å². The molecule has 2 heterocycles. The van der Waals surface area contributed by atoms with Gasteiger partial charge in [-0.15, -0.1) is 21.5 Å². The topological polar surface area (TPSA) is 123 Å². The molecule has 0 bridgehead atoms. The number of anilines is 2. The fourth-order valence-electron chi connectivity index (χ4n) is 2.26. The predicted molar refractivity (Wildman–Crippen MR) is 107 cm³/mol. The van der Waals surface area contributed by atoms with Gasteiger partial charge in [-0.2, -0.15) is 5.26 Å². The summed E-state index contributed by atoms with van der Waals surface area (Å²) in [5.74, 6) is -0.0138. The summed E-state index contributed by atoms with van der Waals surface area (Å²) in [4.78, 5) is 17.0. The number of carbonyl (C=O) groups is 1. The number of halogens is 1. The van der Waals surface area contributed by atoms with Crippen LogP contribution in [0.5, 0.6) is 0 Å². The van der Waals surface area contributed by atoms with Crippen molar-refractivity contribution in [3.05, 3.63) is 34.7 Å². The van der Waals surface area contributed by atoms with Crippen molar-refractivity contribution in [3.63, 3.8) is 0 Å². The van der Waals surface area contributed by atoms with E-state index in [1.165, 1.54) is 27.7 Å². The Kier molecular flexibility index (Phi) is 5.95. The number of thioether (sulfide) groups is 1. The molecule has 1 aromatic carbocycles. The van der Waals surface area contributed by atoms with Crippen LogP contribution in [-0.4, -0.2) is 31.4 Å². The summed E-state index contributed by atoms with van der Waals surface area (Å²) in [6.45, 7) is 1.68. The lowest BCUT2D eigenvalue weighted by molar-refractivity contribution is -0.118. The summed E-state index contributed by atoms with van der Waals surface area (Å²) < 4.78 is 1.49. The number of carbonyl (C=O) groups excluding carboxylic acids is 1. The van der Waals surface area contributed by atoms with Crippen LogP contribution < -0.4 is 11.1 Å². The number of hydrogen-bond donors (Lipinski definition) is 2. The molecule has 0 aliphatic carbocycles. The van der Waals surface area contributed by atoms with E-state index in [-0.39, 0.29) is 17.6 Å². The number of nitrogens with two attached hydrogens (primary N) is 1. The van der Waals surface area contributed by atoms with Crippen molar-refractivity contribution in [2.45, 2.75) is 18.1 Å². The van der Waals surface area contributed by atoms with Gasteiger partial charge in [0.15, 0.2) is 10.3 Å². The molecular weight excluding hydrogens is 406 g/mol. The third kappa shape index (κ3) is 4.39. The van der Waals surface area contributed by atoms with Crippen LogP contribution in [0.2, 0.25) is 5.02 Å². The molecule has 0 spiro atoms. The lowest BCUT2D eigenvalue weighted by atomic mass is 10.2. The van der Waals surface area contributed by atoms with Gasteiger partial charge >= 0.3 is 0 Å². The maximum atomic E-state index is 12.6. The number of amides is 1. The van der Waals surface area contributed by atoms with Gasteiger partial charge in [-0.3, -0.25) is 9.36 Å². The highest BCUT2D eigenvalue weighted by Crippen LogP contribution is 2.28. The quantitative estimate of drug-likeness (QED) is 0.586. The van der Waals surface area contributed by atoms with Gasteiger partial charge in [-0.1, -0.05) is 35.5 Å². The number of rotatable bonds is 6. The van der Waals surface area contributed by atoms with E-state index < -0.39 is 6.04 Å². The normalized spacial score (nSPS) is 11.7. The van der Waals surface area contributed by atoms with Crippen LogP contribution in [0, 0.1) is 11.3 Å². The largest absolute Gasteiger partial charge is 0.368 e. The Morgan fingerprint density at radius 3 is 2.89 bits per heavy atom. The van der Waals surface area contributed by atoms with Gasteiger partial charge in [0.2, 0.25) is 11.9 Å². The summed E-state index contributed by atoms with van der Waals surface area (Å²) in [6, 6.07) is 8.64. The summed E-state index contributed by atoms with van der Waals surface area (Å²) in [5.41, 5.74) is 7.48. The highest BCUT2D eigenvalue weighted by atomic mass is 35.5. The maximum Gasteiger partial charge on any atom is 0.249 e. The van der Waals surface area contributed by atoms with E-state index in [4.69, 9.17) is 22.6 Å². The van der Waals surface area contributed by atoms with Gasteiger partial charge in [-0.25, -0.2) is 4.98 Å². The first-order valence-electron chi connectivity index (χ1n) is 7.72.